The van der Waals surface area contributed by atoms with Crippen LogP contribution in [0.3, 0.4) is 0 Å². The predicted molar refractivity (Wildman–Crippen MR) is 86.8 cm³/mol. The van der Waals surface area contributed by atoms with Gasteiger partial charge < -0.3 is 15.2 Å². The number of benzene rings is 1. The fraction of sp³-hybridized carbons (Fsp3) is 0.467. The Morgan fingerprint density at radius 1 is 1.25 bits per heavy atom. The molecular formula is C15H20N2O6S. The molecule has 0 unspecified atom stereocenters. The van der Waals surface area contributed by atoms with Crippen LogP contribution in [0.2, 0.25) is 0 Å². The minimum Gasteiger partial charge on any atom is -0.508 e. The number of aromatic hydroxyl groups is 1. The molecule has 1 aliphatic rings. The van der Waals surface area contributed by atoms with E-state index in [2.05, 4.69) is 5.32 Å². The van der Waals surface area contributed by atoms with E-state index in [0.29, 0.717) is 18.5 Å². The van der Waals surface area contributed by atoms with Crippen LogP contribution in [0, 0.1) is 5.92 Å². The number of esters is 1. The van der Waals surface area contributed by atoms with Crippen LogP contribution in [0.1, 0.15) is 12.8 Å². The number of rotatable bonds is 5. The summed E-state index contributed by atoms with van der Waals surface area (Å²) in [6, 6.07) is 5.90. The second-order valence-corrected chi connectivity index (χ2v) is 7.62. The van der Waals surface area contributed by atoms with Gasteiger partial charge in [0, 0.05) is 18.8 Å². The Balaban J connectivity index is 1.75. The van der Waals surface area contributed by atoms with Crippen molar-refractivity contribution in [3.63, 3.8) is 0 Å². The molecule has 132 valence electrons. The number of piperidine rings is 1. The van der Waals surface area contributed by atoms with E-state index in [1.54, 1.807) is 0 Å². The quantitative estimate of drug-likeness (QED) is 0.588. The zero-order valence-corrected chi connectivity index (χ0v) is 14.1. The van der Waals surface area contributed by atoms with Gasteiger partial charge in [-0.2, -0.15) is 0 Å². The van der Waals surface area contributed by atoms with Crippen molar-refractivity contribution >= 4 is 27.6 Å². The largest absolute Gasteiger partial charge is 0.508 e. The molecule has 1 aliphatic heterocycles. The number of amides is 1. The van der Waals surface area contributed by atoms with E-state index < -0.39 is 34.4 Å². The van der Waals surface area contributed by atoms with Gasteiger partial charge in [-0.1, -0.05) is 0 Å². The topological polar surface area (TPSA) is 113 Å². The first kappa shape index (κ1) is 18.2. The van der Waals surface area contributed by atoms with Crippen LogP contribution in [0.4, 0.5) is 5.69 Å². The highest BCUT2D eigenvalue weighted by molar-refractivity contribution is 7.88. The zero-order chi connectivity index (χ0) is 17.7. The molecule has 0 saturated carbocycles. The molecule has 1 heterocycles. The third-order valence-corrected chi connectivity index (χ3v) is 5.06. The van der Waals surface area contributed by atoms with Gasteiger partial charge in [-0.3, -0.25) is 9.59 Å². The highest BCUT2D eigenvalue weighted by Crippen LogP contribution is 2.20. The number of carbonyl (C=O) groups is 2. The minimum atomic E-state index is -3.24. The summed E-state index contributed by atoms with van der Waals surface area (Å²) < 4.78 is 29.1. The Hall–Kier alpha value is -2.13. The van der Waals surface area contributed by atoms with Crippen LogP contribution < -0.4 is 5.32 Å². The van der Waals surface area contributed by atoms with Crippen LogP contribution in [0.25, 0.3) is 0 Å². The number of sulfonamides is 1. The predicted octanol–water partition coefficient (Wildman–Crippen LogP) is 0.545. The van der Waals surface area contributed by atoms with Crippen molar-refractivity contribution in [1.29, 1.82) is 0 Å². The number of phenolic OH excluding ortho intramolecular Hbond substituents is 1. The molecule has 1 amide bonds. The van der Waals surface area contributed by atoms with E-state index in [9.17, 15) is 18.0 Å². The molecular weight excluding hydrogens is 336 g/mol. The molecule has 2 rings (SSSR count). The summed E-state index contributed by atoms with van der Waals surface area (Å²) in [5.74, 6) is -1.30. The Morgan fingerprint density at radius 2 is 1.83 bits per heavy atom. The van der Waals surface area contributed by atoms with Crippen molar-refractivity contribution in [2.24, 2.45) is 5.92 Å². The van der Waals surface area contributed by atoms with E-state index in [0.717, 1.165) is 6.26 Å². The summed E-state index contributed by atoms with van der Waals surface area (Å²) in [5, 5.41) is 11.7. The first-order valence-electron chi connectivity index (χ1n) is 7.46. The molecule has 0 atom stereocenters. The number of hydrogen-bond acceptors (Lipinski definition) is 6. The van der Waals surface area contributed by atoms with Crippen molar-refractivity contribution in [2.45, 2.75) is 12.8 Å². The molecule has 24 heavy (non-hydrogen) atoms. The SMILES string of the molecule is CS(=O)(=O)N1CCC(C(=O)OCC(=O)Nc2ccc(O)cc2)CC1. The molecule has 0 aliphatic carbocycles. The molecule has 0 spiro atoms. The van der Waals surface area contributed by atoms with Crippen LogP contribution >= 0.6 is 0 Å². The van der Waals surface area contributed by atoms with Gasteiger partial charge in [0.15, 0.2) is 6.61 Å². The standard InChI is InChI=1S/C15H20N2O6S/c1-24(21,22)17-8-6-11(7-9-17)15(20)23-10-14(19)16-12-2-4-13(18)5-3-12/h2-5,11,18H,6-10H2,1H3,(H,16,19). The van der Waals surface area contributed by atoms with E-state index in [1.807, 2.05) is 0 Å². The first-order chi connectivity index (χ1) is 11.3. The van der Waals surface area contributed by atoms with Gasteiger partial charge in [-0.05, 0) is 37.1 Å². The maximum absolute atomic E-state index is 12.0. The summed E-state index contributed by atoms with van der Waals surface area (Å²) in [7, 11) is -3.24. The van der Waals surface area contributed by atoms with E-state index >= 15 is 0 Å². The normalized spacial score (nSPS) is 16.5. The average molecular weight is 356 g/mol. The summed E-state index contributed by atoms with van der Waals surface area (Å²) in [5.41, 5.74) is 0.482. The van der Waals surface area contributed by atoms with Crippen molar-refractivity contribution in [3.8, 4) is 5.75 Å². The lowest BCUT2D eigenvalue weighted by molar-refractivity contribution is -0.152. The molecule has 0 bridgehead atoms. The lowest BCUT2D eigenvalue weighted by Gasteiger charge is -2.28. The van der Waals surface area contributed by atoms with E-state index in [4.69, 9.17) is 9.84 Å². The van der Waals surface area contributed by atoms with E-state index in [1.165, 1.54) is 28.6 Å². The molecule has 1 aromatic rings. The van der Waals surface area contributed by atoms with Gasteiger partial charge in [0.25, 0.3) is 5.91 Å². The summed E-state index contributed by atoms with van der Waals surface area (Å²) >= 11 is 0. The second kappa shape index (κ2) is 7.63. The molecule has 8 nitrogen and oxygen atoms in total. The maximum atomic E-state index is 12.0. The summed E-state index contributed by atoms with van der Waals surface area (Å²) in [6.45, 7) is 0.141. The van der Waals surface area contributed by atoms with Gasteiger partial charge in [0.05, 0.1) is 12.2 Å². The average Bonchev–Trinajstić information content (AvgIpc) is 2.54. The second-order valence-electron chi connectivity index (χ2n) is 5.64. The first-order valence-corrected chi connectivity index (χ1v) is 9.31. The number of carbonyl (C=O) groups excluding carboxylic acids is 2. The maximum Gasteiger partial charge on any atom is 0.309 e. The molecule has 0 aromatic heterocycles. The fourth-order valence-corrected chi connectivity index (χ4v) is 3.29. The van der Waals surface area contributed by atoms with Crippen molar-refractivity contribution < 1.29 is 27.9 Å². The zero-order valence-electron chi connectivity index (χ0n) is 13.3. The highest BCUT2D eigenvalue weighted by Gasteiger charge is 2.30. The van der Waals surface area contributed by atoms with Crippen molar-refractivity contribution in [2.75, 3.05) is 31.3 Å². The third kappa shape index (κ3) is 5.20. The minimum absolute atomic E-state index is 0.0832. The third-order valence-electron chi connectivity index (χ3n) is 3.75. The number of phenols is 1. The number of nitrogens with zero attached hydrogens (tertiary/aromatic N) is 1. The van der Waals surface area contributed by atoms with Crippen LogP contribution in [0.15, 0.2) is 24.3 Å². The molecule has 1 fully saturated rings. The lowest BCUT2D eigenvalue weighted by Crippen LogP contribution is -2.40. The van der Waals surface area contributed by atoms with E-state index in [-0.39, 0.29) is 18.8 Å². The van der Waals surface area contributed by atoms with Gasteiger partial charge in [0.1, 0.15) is 5.75 Å². The molecule has 0 radical (unpaired) electrons. The molecule has 1 aromatic carbocycles. The Bertz CT molecular complexity index is 693. The van der Waals surface area contributed by atoms with Gasteiger partial charge in [0.2, 0.25) is 10.0 Å². The summed E-state index contributed by atoms with van der Waals surface area (Å²) in [6.07, 6.45) is 1.90. The number of ether oxygens (including phenoxy) is 1. The number of anilines is 1. The molecule has 2 N–H and O–H groups in total. The molecule has 9 heteroatoms. The summed E-state index contributed by atoms with van der Waals surface area (Å²) in [4.78, 5) is 23.7. The van der Waals surface area contributed by atoms with Crippen LogP contribution in [-0.4, -0.2) is 55.7 Å². The molecule has 1 saturated heterocycles. The van der Waals surface area contributed by atoms with Crippen molar-refractivity contribution in [3.05, 3.63) is 24.3 Å². The monoisotopic (exact) mass is 356 g/mol. The van der Waals surface area contributed by atoms with Crippen molar-refractivity contribution in [1.82, 2.24) is 4.31 Å². The van der Waals surface area contributed by atoms with Crippen LogP contribution in [-0.2, 0) is 24.3 Å². The fourth-order valence-electron chi connectivity index (χ4n) is 2.42. The lowest BCUT2D eigenvalue weighted by atomic mass is 9.98. The number of nitrogens with one attached hydrogen (secondary N) is 1. The Morgan fingerprint density at radius 3 is 2.38 bits per heavy atom. The smallest absolute Gasteiger partial charge is 0.309 e. The van der Waals surface area contributed by atoms with Gasteiger partial charge in [-0.25, -0.2) is 12.7 Å². The Kier molecular flexibility index (Phi) is 5.79. The van der Waals surface area contributed by atoms with Gasteiger partial charge in [-0.15, -0.1) is 0 Å². The van der Waals surface area contributed by atoms with Gasteiger partial charge >= 0.3 is 5.97 Å². The number of hydrogen-bond donors (Lipinski definition) is 2. The Labute approximate surface area is 140 Å². The highest BCUT2D eigenvalue weighted by atomic mass is 32.2. The van der Waals surface area contributed by atoms with Crippen LogP contribution in [0.5, 0.6) is 5.75 Å².